The van der Waals surface area contributed by atoms with Crippen molar-refractivity contribution in [2.75, 3.05) is 19.6 Å². The van der Waals surface area contributed by atoms with E-state index in [1.807, 2.05) is 28.5 Å². The Morgan fingerprint density at radius 2 is 2.00 bits per heavy atom. The number of nitrogens with zero attached hydrogens (tertiary/aromatic N) is 3. The number of pyridine rings is 1. The van der Waals surface area contributed by atoms with Gasteiger partial charge >= 0.3 is 6.03 Å². The fourth-order valence-corrected chi connectivity index (χ4v) is 7.20. The third-order valence-corrected chi connectivity index (χ3v) is 9.02. The molecule has 4 heterocycles. The fourth-order valence-electron chi connectivity index (χ4n) is 6.08. The molecular formula is C27H34N4O3S. The van der Waals surface area contributed by atoms with Gasteiger partial charge in [-0.15, -0.1) is 11.3 Å². The lowest BCUT2D eigenvalue weighted by Crippen LogP contribution is -2.56. The Bertz CT molecular complexity index is 1090. The number of aromatic nitrogens is 1. The van der Waals surface area contributed by atoms with Crippen molar-refractivity contribution in [2.24, 2.45) is 5.92 Å². The molecule has 1 atom stereocenters. The molecule has 2 aliphatic heterocycles. The highest BCUT2D eigenvalue weighted by atomic mass is 32.1. The number of aryl methyl sites for hydroxylation is 1. The Labute approximate surface area is 210 Å². The molecule has 2 saturated heterocycles. The van der Waals surface area contributed by atoms with Crippen molar-refractivity contribution < 1.29 is 14.4 Å². The van der Waals surface area contributed by atoms with Crippen molar-refractivity contribution in [3.8, 4) is 0 Å². The van der Waals surface area contributed by atoms with Crippen LogP contribution in [-0.4, -0.2) is 57.8 Å². The van der Waals surface area contributed by atoms with Gasteiger partial charge in [-0.25, -0.2) is 4.79 Å². The number of likely N-dealkylation sites (tertiary alicyclic amines) is 1. The molecule has 1 aliphatic carbocycles. The van der Waals surface area contributed by atoms with Gasteiger partial charge in [0.05, 0.1) is 5.56 Å². The fraction of sp³-hybridized carbons (Fsp3) is 0.556. The first-order chi connectivity index (χ1) is 17.0. The molecule has 0 aromatic carbocycles. The predicted molar refractivity (Wildman–Crippen MR) is 135 cm³/mol. The first kappa shape index (κ1) is 24.0. The molecule has 0 radical (unpaired) electrons. The molecule has 1 N–H and O–H groups in total. The normalized spacial score (nSPS) is 22.9. The van der Waals surface area contributed by atoms with Gasteiger partial charge in [0.1, 0.15) is 5.54 Å². The summed E-state index contributed by atoms with van der Waals surface area (Å²) in [6, 6.07) is 5.38. The first-order valence-corrected chi connectivity index (χ1v) is 13.8. The van der Waals surface area contributed by atoms with E-state index >= 15 is 0 Å². The molecule has 8 heteroatoms. The van der Waals surface area contributed by atoms with Crippen molar-refractivity contribution in [2.45, 2.75) is 70.3 Å². The van der Waals surface area contributed by atoms with E-state index in [0.717, 1.165) is 49.8 Å². The van der Waals surface area contributed by atoms with Gasteiger partial charge in [-0.2, -0.15) is 0 Å². The van der Waals surface area contributed by atoms with Crippen LogP contribution in [0, 0.1) is 5.92 Å². The first-order valence-electron chi connectivity index (χ1n) is 13.0. The summed E-state index contributed by atoms with van der Waals surface area (Å²) in [5.41, 5.74) is 2.14. The van der Waals surface area contributed by atoms with Crippen LogP contribution >= 0.6 is 11.3 Å². The van der Waals surface area contributed by atoms with Crippen LogP contribution in [0.1, 0.15) is 71.9 Å². The number of carbonyl (C=O) groups is 3. The maximum Gasteiger partial charge on any atom is 0.325 e. The Morgan fingerprint density at radius 1 is 1.20 bits per heavy atom. The standard InChI is InChI=1S/C27H34N4O3S/c1-2-13-27(25(33)31(26(34)29-27)17-12-20-7-5-6-14-28-20)19-10-15-30(16-11-19)24(32)22-18-35-23-9-4-3-8-21(22)23/h5-7,14,18-19H,2-4,8-13,15-17H2,1H3,(H,29,34)/t27-/m0/s1. The SMILES string of the molecule is CCC[C@@]1(C2CCN(C(=O)c3csc4c3CCCC4)CC2)NC(=O)N(CCc2ccccn2)C1=O. The highest BCUT2D eigenvalue weighted by Crippen LogP contribution is 2.38. The van der Waals surface area contributed by atoms with Crippen molar-refractivity contribution in [3.63, 3.8) is 0 Å². The number of nitrogens with one attached hydrogen (secondary N) is 1. The Balaban J connectivity index is 1.26. The zero-order valence-corrected chi connectivity index (χ0v) is 21.2. The highest BCUT2D eigenvalue weighted by Gasteiger charge is 2.55. The number of imide groups is 1. The maximum atomic E-state index is 13.7. The smallest absolute Gasteiger partial charge is 0.325 e. The molecule has 2 aromatic rings. The lowest BCUT2D eigenvalue weighted by molar-refractivity contribution is -0.134. The summed E-state index contributed by atoms with van der Waals surface area (Å²) in [5.74, 6) is 0.0438. The summed E-state index contributed by atoms with van der Waals surface area (Å²) >= 11 is 1.73. The number of carbonyl (C=O) groups excluding carboxylic acids is 3. The third-order valence-electron chi connectivity index (χ3n) is 7.93. The van der Waals surface area contributed by atoms with Gasteiger partial charge in [0, 0.05) is 48.2 Å². The molecule has 7 nitrogen and oxygen atoms in total. The maximum absolute atomic E-state index is 13.7. The Kier molecular flexibility index (Phi) is 6.91. The molecule has 2 fully saturated rings. The molecule has 0 unspecified atom stereocenters. The van der Waals surface area contributed by atoms with Crippen LogP contribution in [0.25, 0.3) is 0 Å². The zero-order chi connectivity index (χ0) is 24.4. The average Bonchev–Trinajstić information content (AvgIpc) is 3.42. The van der Waals surface area contributed by atoms with E-state index in [2.05, 4.69) is 17.2 Å². The van der Waals surface area contributed by atoms with Crippen LogP contribution in [0.3, 0.4) is 0 Å². The summed E-state index contributed by atoms with van der Waals surface area (Å²) < 4.78 is 0. The minimum absolute atomic E-state index is 0.0270. The predicted octanol–water partition coefficient (Wildman–Crippen LogP) is 4.21. The lowest BCUT2D eigenvalue weighted by atomic mass is 9.74. The number of piperidine rings is 1. The van der Waals surface area contributed by atoms with Gasteiger partial charge in [0.15, 0.2) is 0 Å². The van der Waals surface area contributed by atoms with Crippen LogP contribution in [0.2, 0.25) is 0 Å². The number of amides is 4. The second-order valence-electron chi connectivity index (χ2n) is 10.0. The Hall–Kier alpha value is -2.74. The van der Waals surface area contributed by atoms with Gasteiger partial charge in [0.25, 0.3) is 11.8 Å². The van der Waals surface area contributed by atoms with Gasteiger partial charge in [0.2, 0.25) is 0 Å². The minimum Gasteiger partial charge on any atom is -0.339 e. The summed E-state index contributed by atoms with van der Waals surface area (Å²) in [5, 5.41) is 5.15. The van der Waals surface area contributed by atoms with E-state index < -0.39 is 5.54 Å². The van der Waals surface area contributed by atoms with Crippen molar-refractivity contribution in [1.29, 1.82) is 0 Å². The number of urea groups is 1. The zero-order valence-electron chi connectivity index (χ0n) is 20.4. The number of rotatable bonds is 7. The summed E-state index contributed by atoms with van der Waals surface area (Å²) in [6.07, 6.45) is 9.60. The monoisotopic (exact) mass is 494 g/mol. The quantitative estimate of drug-likeness (QED) is 0.585. The second kappa shape index (κ2) is 10.1. The second-order valence-corrected chi connectivity index (χ2v) is 11.0. The van der Waals surface area contributed by atoms with Crippen LogP contribution in [0.4, 0.5) is 4.79 Å². The van der Waals surface area contributed by atoms with Crippen molar-refractivity contribution >= 4 is 29.2 Å². The summed E-state index contributed by atoms with van der Waals surface area (Å²) in [6.45, 7) is 3.62. The van der Waals surface area contributed by atoms with Gasteiger partial charge < -0.3 is 10.2 Å². The molecular weight excluding hydrogens is 460 g/mol. The van der Waals surface area contributed by atoms with E-state index in [0.29, 0.717) is 32.5 Å². The van der Waals surface area contributed by atoms with Crippen LogP contribution < -0.4 is 5.32 Å². The van der Waals surface area contributed by atoms with E-state index in [1.54, 1.807) is 17.5 Å². The molecule has 3 aliphatic rings. The largest absolute Gasteiger partial charge is 0.339 e. The van der Waals surface area contributed by atoms with Gasteiger partial charge in [-0.3, -0.25) is 19.5 Å². The van der Waals surface area contributed by atoms with Crippen molar-refractivity contribution in [1.82, 2.24) is 20.1 Å². The molecule has 2 aromatic heterocycles. The molecule has 0 bridgehead atoms. The van der Waals surface area contributed by atoms with Crippen LogP contribution in [0.5, 0.6) is 0 Å². The molecule has 0 spiro atoms. The summed E-state index contributed by atoms with van der Waals surface area (Å²) in [4.78, 5) is 48.9. The van der Waals surface area contributed by atoms with E-state index in [-0.39, 0.29) is 23.8 Å². The Morgan fingerprint density at radius 3 is 2.74 bits per heavy atom. The van der Waals surface area contributed by atoms with Gasteiger partial charge in [-0.05, 0) is 68.6 Å². The molecule has 0 saturated carbocycles. The number of fused-ring (bicyclic) bond motifs is 1. The average molecular weight is 495 g/mol. The topological polar surface area (TPSA) is 82.6 Å². The third kappa shape index (κ3) is 4.48. The minimum atomic E-state index is -0.868. The van der Waals surface area contributed by atoms with Crippen LogP contribution in [0.15, 0.2) is 29.8 Å². The number of thiophene rings is 1. The van der Waals surface area contributed by atoms with E-state index in [4.69, 9.17) is 0 Å². The lowest BCUT2D eigenvalue weighted by Gasteiger charge is -2.41. The van der Waals surface area contributed by atoms with Crippen molar-refractivity contribution in [3.05, 3.63) is 51.5 Å². The van der Waals surface area contributed by atoms with Crippen LogP contribution in [-0.2, 0) is 24.1 Å². The highest BCUT2D eigenvalue weighted by molar-refractivity contribution is 7.10. The van der Waals surface area contributed by atoms with E-state index in [9.17, 15) is 14.4 Å². The van der Waals surface area contributed by atoms with Gasteiger partial charge in [-0.1, -0.05) is 19.4 Å². The molecule has 5 rings (SSSR count). The molecule has 4 amide bonds. The van der Waals surface area contributed by atoms with E-state index in [1.165, 1.54) is 21.8 Å². The summed E-state index contributed by atoms with van der Waals surface area (Å²) in [7, 11) is 0. The molecule has 35 heavy (non-hydrogen) atoms. The number of hydrogen-bond donors (Lipinski definition) is 1. The molecule has 186 valence electrons. The number of hydrogen-bond acceptors (Lipinski definition) is 5.